The minimum atomic E-state index is -2.71. The maximum atomic E-state index is 12.6. The van der Waals surface area contributed by atoms with Crippen LogP contribution < -0.4 is 10.4 Å². The minimum Gasteiger partial charge on any atom is -0.459 e. The number of carbonyl (C=O) groups excluding carboxylic acids is 1. The van der Waals surface area contributed by atoms with E-state index in [0.29, 0.717) is 44.3 Å². The van der Waals surface area contributed by atoms with E-state index in [9.17, 15) is 9.90 Å². The summed E-state index contributed by atoms with van der Waals surface area (Å²) in [5, 5.41) is 13.6. The van der Waals surface area contributed by atoms with Gasteiger partial charge < -0.3 is 33.2 Å². The van der Waals surface area contributed by atoms with Crippen molar-refractivity contribution in [3.8, 4) is 0 Å². The van der Waals surface area contributed by atoms with E-state index in [1.807, 2.05) is 18.2 Å². The molecule has 49 heavy (non-hydrogen) atoms. The highest BCUT2D eigenvalue weighted by Gasteiger charge is 2.63. The van der Waals surface area contributed by atoms with Gasteiger partial charge in [0.25, 0.3) is 8.32 Å². The van der Waals surface area contributed by atoms with Crippen molar-refractivity contribution >= 4 is 24.7 Å². The summed E-state index contributed by atoms with van der Waals surface area (Å²) in [5.41, 5.74) is 0.497. The summed E-state index contributed by atoms with van der Waals surface area (Å²) in [5.74, 6) is -2.45. The average Bonchev–Trinajstić information content (AvgIpc) is 3.67. The molecule has 4 saturated heterocycles. The highest BCUT2D eigenvalue weighted by atomic mass is 28.4. The Labute approximate surface area is 291 Å². The summed E-state index contributed by atoms with van der Waals surface area (Å²) in [6.45, 7) is 9.57. The number of esters is 1. The Morgan fingerprint density at radius 3 is 2.04 bits per heavy atom. The van der Waals surface area contributed by atoms with Crippen molar-refractivity contribution in [2.75, 3.05) is 13.2 Å². The molecule has 0 aliphatic carbocycles. The normalized spacial score (nSPS) is 33.1. The highest BCUT2D eigenvalue weighted by Crippen LogP contribution is 2.53. The van der Waals surface area contributed by atoms with E-state index in [-0.39, 0.29) is 42.0 Å². The van der Waals surface area contributed by atoms with Gasteiger partial charge >= 0.3 is 5.97 Å². The third-order valence-corrected chi connectivity index (χ3v) is 16.1. The van der Waals surface area contributed by atoms with Crippen LogP contribution in [-0.4, -0.2) is 74.7 Å². The van der Waals surface area contributed by atoms with E-state index < -0.39 is 32.0 Å². The first-order chi connectivity index (χ1) is 23.5. The van der Waals surface area contributed by atoms with Gasteiger partial charge in [0.1, 0.15) is 12.7 Å². The van der Waals surface area contributed by atoms with E-state index in [0.717, 1.165) is 6.42 Å². The van der Waals surface area contributed by atoms with Crippen LogP contribution in [0.1, 0.15) is 76.6 Å². The van der Waals surface area contributed by atoms with Crippen LogP contribution in [0.4, 0.5) is 0 Å². The lowest BCUT2D eigenvalue weighted by Crippen LogP contribution is -2.67. The molecule has 4 heterocycles. The van der Waals surface area contributed by atoms with E-state index in [4.69, 9.17) is 28.1 Å². The summed E-state index contributed by atoms with van der Waals surface area (Å²) in [7, 11) is -2.71. The molecule has 8 atom stereocenters. The SMILES string of the molecule is C[C@H]1C[C@@H]2O[C@@H](CO[Si](c3ccccc3)(c3ccccc3)C(C)(C)C)C[C@@H]2O[C@]12CC[C@@]1(O[C@H](COC(=O)c3ccccc3)CC[C@H]1O)O2. The van der Waals surface area contributed by atoms with Crippen LogP contribution in [0, 0.1) is 5.92 Å². The van der Waals surface area contributed by atoms with Crippen LogP contribution in [0.5, 0.6) is 0 Å². The fourth-order valence-corrected chi connectivity index (χ4v) is 13.1. The van der Waals surface area contributed by atoms with Crippen LogP contribution in [0.3, 0.4) is 0 Å². The molecule has 3 aromatic rings. The number of ether oxygens (including phenoxy) is 5. The second kappa shape index (κ2) is 13.7. The first-order valence-electron chi connectivity index (χ1n) is 17.9. The van der Waals surface area contributed by atoms with Crippen LogP contribution >= 0.6 is 0 Å². The lowest BCUT2D eigenvalue weighted by Gasteiger charge is -2.47. The number of carbonyl (C=O) groups is 1. The van der Waals surface area contributed by atoms with Gasteiger partial charge in [-0.2, -0.15) is 0 Å². The summed E-state index contributed by atoms with van der Waals surface area (Å²) < 4.78 is 39.6. The van der Waals surface area contributed by atoms with Crippen molar-refractivity contribution in [3.63, 3.8) is 0 Å². The van der Waals surface area contributed by atoms with E-state index in [1.165, 1.54) is 10.4 Å². The predicted octanol–water partition coefficient (Wildman–Crippen LogP) is 5.75. The summed E-state index contributed by atoms with van der Waals surface area (Å²) in [4.78, 5) is 12.6. The van der Waals surface area contributed by atoms with Gasteiger partial charge in [0.15, 0.2) is 11.6 Å². The lowest BCUT2D eigenvalue weighted by molar-refractivity contribution is -0.396. The molecule has 1 N–H and O–H groups in total. The molecule has 4 aliphatic heterocycles. The second-order valence-electron chi connectivity index (χ2n) is 15.3. The number of fused-ring (bicyclic) bond motifs is 1. The maximum absolute atomic E-state index is 12.6. The standard InChI is InChI=1S/C40H50O8Si/c1-28-24-34-35(25-31(45-34)27-44-49(38(2,3)4,32-16-10-6-11-17-32)33-18-12-7-13-19-33)47-39(28)22-23-40(48-39)36(41)21-20-30(46-40)26-43-37(42)29-14-8-5-9-15-29/h5-19,28,30-31,34-36,41H,20-27H2,1-4H3/t28-,30-,31+,34-,35-,36+,39-,40+/m0/s1. The Hall–Kier alpha value is -2.89. The van der Waals surface area contributed by atoms with Crippen LogP contribution in [0.2, 0.25) is 5.04 Å². The molecule has 0 radical (unpaired) electrons. The first-order valence-corrected chi connectivity index (χ1v) is 19.8. The molecule has 8 nitrogen and oxygen atoms in total. The quantitative estimate of drug-likeness (QED) is 0.237. The molecule has 3 aromatic carbocycles. The number of benzene rings is 3. The summed E-state index contributed by atoms with van der Waals surface area (Å²) in [6, 6.07) is 30.3. The molecule has 0 aromatic heterocycles. The number of aliphatic hydroxyl groups excluding tert-OH is 1. The van der Waals surface area contributed by atoms with Crippen molar-refractivity contribution in [2.45, 2.75) is 113 Å². The van der Waals surface area contributed by atoms with Crippen LogP contribution in [0.15, 0.2) is 91.0 Å². The maximum Gasteiger partial charge on any atom is 0.338 e. The average molecular weight is 687 g/mol. The smallest absolute Gasteiger partial charge is 0.338 e. The van der Waals surface area contributed by atoms with E-state index in [2.05, 4.69) is 88.4 Å². The zero-order valence-electron chi connectivity index (χ0n) is 29.1. The fraction of sp³-hybridized carbons (Fsp3) is 0.525. The number of aliphatic hydroxyl groups is 1. The molecular formula is C40H50O8Si. The van der Waals surface area contributed by atoms with Gasteiger partial charge in [-0.3, -0.25) is 0 Å². The summed E-state index contributed by atoms with van der Waals surface area (Å²) >= 11 is 0. The molecule has 4 aliphatic rings. The minimum absolute atomic E-state index is 0.0246. The topological polar surface area (TPSA) is 92.7 Å². The van der Waals surface area contributed by atoms with Gasteiger partial charge in [-0.25, -0.2) is 4.79 Å². The molecule has 4 fully saturated rings. The Kier molecular flexibility index (Phi) is 9.64. The monoisotopic (exact) mass is 686 g/mol. The molecular weight excluding hydrogens is 637 g/mol. The molecule has 7 rings (SSSR count). The van der Waals surface area contributed by atoms with Gasteiger partial charge in [-0.05, 0) is 46.8 Å². The number of rotatable bonds is 8. The first kappa shape index (κ1) is 34.6. The Morgan fingerprint density at radius 1 is 0.796 bits per heavy atom. The highest BCUT2D eigenvalue weighted by molar-refractivity contribution is 6.99. The van der Waals surface area contributed by atoms with Crippen molar-refractivity contribution in [1.29, 1.82) is 0 Å². The molecule has 262 valence electrons. The van der Waals surface area contributed by atoms with Crippen molar-refractivity contribution in [1.82, 2.24) is 0 Å². The Bertz CT molecular complexity index is 1530. The van der Waals surface area contributed by atoms with Crippen molar-refractivity contribution in [2.24, 2.45) is 5.92 Å². The van der Waals surface area contributed by atoms with Crippen LogP contribution in [0.25, 0.3) is 0 Å². The van der Waals surface area contributed by atoms with Gasteiger partial charge in [-0.15, -0.1) is 0 Å². The van der Waals surface area contributed by atoms with Gasteiger partial charge in [0, 0.05) is 25.2 Å². The predicted molar refractivity (Wildman–Crippen MR) is 188 cm³/mol. The summed E-state index contributed by atoms with van der Waals surface area (Å²) in [6.07, 6.45) is 2.16. The van der Waals surface area contributed by atoms with Gasteiger partial charge in [0.05, 0.1) is 36.6 Å². The third-order valence-electron chi connectivity index (χ3n) is 11.1. The van der Waals surface area contributed by atoms with Crippen molar-refractivity contribution in [3.05, 3.63) is 96.6 Å². The van der Waals surface area contributed by atoms with Crippen LogP contribution in [-0.2, 0) is 28.1 Å². The fourth-order valence-electron chi connectivity index (χ4n) is 8.54. The largest absolute Gasteiger partial charge is 0.459 e. The van der Waals surface area contributed by atoms with E-state index in [1.54, 1.807) is 12.1 Å². The molecule has 2 spiro atoms. The molecule has 0 bridgehead atoms. The molecule has 9 heteroatoms. The van der Waals surface area contributed by atoms with E-state index >= 15 is 0 Å². The molecule has 0 saturated carbocycles. The number of hydrogen-bond acceptors (Lipinski definition) is 8. The van der Waals surface area contributed by atoms with Crippen molar-refractivity contribution < 1.29 is 38.0 Å². The zero-order chi connectivity index (χ0) is 34.3. The molecule has 0 unspecified atom stereocenters. The molecule has 0 amide bonds. The third kappa shape index (κ3) is 6.55. The Morgan fingerprint density at radius 2 is 1.41 bits per heavy atom. The van der Waals surface area contributed by atoms with Gasteiger partial charge in [-0.1, -0.05) is 107 Å². The zero-order valence-corrected chi connectivity index (χ0v) is 30.1. The lowest BCUT2D eigenvalue weighted by atomic mass is 9.86. The van der Waals surface area contributed by atoms with Gasteiger partial charge in [0.2, 0.25) is 0 Å². The number of hydrogen-bond donors (Lipinski definition) is 1. The Balaban J connectivity index is 1.02. The second-order valence-corrected chi connectivity index (χ2v) is 19.6.